The number of nitrogens with one attached hydrogen (secondary N) is 2. The van der Waals surface area contributed by atoms with Crippen molar-refractivity contribution in [1.29, 1.82) is 0 Å². The summed E-state index contributed by atoms with van der Waals surface area (Å²) in [6.45, 7) is 3.90. The summed E-state index contributed by atoms with van der Waals surface area (Å²) in [7, 11) is 0. The molecular weight excluding hydrogens is 340 g/mol. The van der Waals surface area contributed by atoms with E-state index in [4.69, 9.17) is 12.2 Å². The predicted molar refractivity (Wildman–Crippen MR) is 97.4 cm³/mol. The van der Waals surface area contributed by atoms with Crippen LogP contribution in [0, 0.1) is 4.77 Å². The second-order valence-corrected chi connectivity index (χ2v) is 5.61. The average molecular weight is 354 g/mol. The first-order valence-electron chi connectivity index (χ1n) is 7.34. The molecule has 0 aliphatic rings. The second-order valence-electron chi connectivity index (χ2n) is 5.22. The molecule has 0 saturated carbocycles. The Kier molecular flexibility index (Phi) is 4.44. The summed E-state index contributed by atoms with van der Waals surface area (Å²) in [6, 6.07) is 7.57. The summed E-state index contributed by atoms with van der Waals surface area (Å²) in [5.41, 5.74) is 0.491. The molecule has 0 atom stereocenters. The second kappa shape index (κ2) is 6.70. The summed E-state index contributed by atoms with van der Waals surface area (Å²) in [4.78, 5) is 31.6. The van der Waals surface area contributed by atoms with Crippen LogP contribution in [0.5, 0.6) is 5.75 Å². The molecule has 0 fully saturated rings. The van der Waals surface area contributed by atoms with Crippen molar-refractivity contribution in [1.82, 2.24) is 14.5 Å². The van der Waals surface area contributed by atoms with Gasteiger partial charge in [-0.15, -0.1) is 6.58 Å². The molecule has 0 radical (unpaired) electrons. The van der Waals surface area contributed by atoms with E-state index in [0.29, 0.717) is 23.0 Å². The minimum absolute atomic E-state index is 0.0573. The molecule has 0 aliphatic carbocycles. The van der Waals surface area contributed by atoms with Crippen molar-refractivity contribution >= 4 is 34.8 Å². The fourth-order valence-electron chi connectivity index (χ4n) is 2.36. The highest BCUT2D eigenvalue weighted by molar-refractivity contribution is 7.71. The van der Waals surface area contributed by atoms with Gasteiger partial charge < -0.3 is 15.4 Å². The molecule has 0 unspecified atom stereocenters. The number of anilines is 1. The first kappa shape index (κ1) is 16.6. The van der Waals surface area contributed by atoms with Crippen molar-refractivity contribution in [3.8, 4) is 5.75 Å². The number of hydrogen-bond donors (Lipinski definition) is 3. The molecule has 1 amide bonds. The van der Waals surface area contributed by atoms with Crippen molar-refractivity contribution in [2.75, 3.05) is 5.32 Å². The van der Waals surface area contributed by atoms with Gasteiger partial charge in [-0.1, -0.05) is 6.08 Å². The number of aromatic hydroxyl groups is 1. The first-order valence-corrected chi connectivity index (χ1v) is 7.75. The maximum Gasteiger partial charge on any atom is 0.262 e. The van der Waals surface area contributed by atoms with E-state index < -0.39 is 5.91 Å². The van der Waals surface area contributed by atoms with Crippen LogP contribution in [-0.2, 0) is 6.54 Å². The van der Waals surface area contributed by atoms with Crippen LogP contribution in [0.3, 0.4) is 0 Å². The number of hydrogen-bond acceptors (Lipinski definition) is 5. The van der Waals surface area contributed by atoms with Gasteiger partial charge in [-0.2, -0.15) is 0 Å². The third-order valence-electron chi connectivity index (χ3n) is 3.57. The lowest BCUT2D eigenvalue weighted by molar-refractivity contribution is 0.102. The van der Waals surface area contributed by atoms with Crippen LogP contribution in [0.15, 0.2) is 54.0 Å². The van der Waals surface area contributed by atoms with Gasteiger partial charge in [0.2, 0.25) is 0 Å². The number of carbonyl (C=O) groups excluding carboxylic acids is 1. The molecule has 126 valence electrons. The van der Waals surface area contributed by atoms with E-state index in [0.717, 1.165) is 0 Å². The van der Waals surface area contributed by atoms with E-state index >= 15 is 0 Å². The van der Waals surface area contributed by atoms with Crippen molar-refractivity contribution in [2.45, 2.75) is 6.54 Å². The maximum atomic E-state index is 12.4. The predicted octanol–water partition coefficient (Wildman–Crippen LogP) is 2.60. The van der Waals surface area contributed by atoms with Crippen molar-refractivity contribution < 1.29 is 9.90 Å². The Labute approximate surface area is 147 Å². The summed E-state index contributed by atoms with van der Waals surface area (Å²) in [5, 5.41) is 12.6. The van der Waals surface area contributed by atoms with E-state index in [9.17, 15) is 14.7 Å². The van der Waals surface area contributed by atoms with Crippen LogP contribution < -0.4 is 10.9 Å². The highest BCUT2D eigenvalue weighted by atomic mass is 32.1. The molecule has 1 aromatic carbocycles. The zero-order chi connectivity index (χ0) is 18.0. The van der Waals surface area contributed by atoms with Crippen LogP contribution in [0.2, 0.25) is 0 Å². The Balaban J connectivity index is 2.01. The summed E-state index contributed by atoms with van der Waals surface area (Å²) in [5.74, 6) is -0.546. The van der Waals surface area contributed by atoms with Crippen LogP contribution >= 0.6 is 12.2 Å². The van der Waals surface area contributed by atoms with Crippen LogP contribution in [-0.4, -0.2) is 25.5 Å². The summed E-state index contributed by atoms with van der Waals surface area (Å²) >= 11 is 5.18. The van der Waals surface area contributed by atoms with E-state index in [1.807, 2.05) is 0 Å². The Hall–Kier alpha value is -3.26. The number of nitrogens with zero attached hydrogens (tertiary/aromatic N) is 2. The molecule has 0 saturated heterocycles. The van der Waals surface area contributed by atoms with Gasteiger partial charge in [0.05, 0.1) is 10.9 Å². The first-order chi connectivity index (χ1) is 12.0. The zero-order valence-electron chi connectivity index (χ0n) is 13.0. The highest BCUT2D eigenvalue weighted by Gasteiger charge is 2.12. The number of H-pyrrole nitrogens is 1. The van der Waals surface area contributed by atoms with Gasteiger partial charge in [-0.05, 0) is 42.5 Å². The zero-order valence-corrected chi connectivity index (χ0v) is 13.8. The molecule has 2 heterocycles. The van der Waals surface area contributed by atoms with E-state index in [1.165, 1.54) is 29.0 Å². The number of aromatic amines is 1. The Morgan fingerprint density at radius 1 is 1.44 bits per heavy atom. The van der Waals surface area contributed by atoms with Gasteiger partial charge in [0.25, 0.3) is 11.5 Å². The highest BCUT2D eigenvalue weighted by Crippen LogP contribution is 2.19. The average Bonchev–Trinajstić information content (AvgIpc) is 2.60. The number of pyridine rings is 1. The van der Waals surface area contributed by atoms with Crippen LogP contribution in [0.1, 0.15) is 10.4 Å². The number of carbonyl (C=O) groups is 1. The van der Waals surface area contributed by atoms with Crippen molar-refractivity contribution in [2.24, 2.45) is 0 Å². The van der Waals surface area contributed by atoms with Gasteiger partial charge in [0, 0.05) is 18.3 Å². The van der Waals surface area contributed by atoms with Gasteiger partial charge in [0.1, 0.15) is 0 Å². The summed E-state index contributed by atoms with van der Waals surface area (Å²) in [6.07, 6.45) is 3.03. The molecule has 7 nitrogen and oxygen atoms in total. The Morgan fingerprint density at radius 2 is 2.24 bits per heavy atom. The van der Waals surface area contributed by atoms with Gasteiger partial charge >= 0.3 is 0 Å². The smallest absolute Gasteiger partial charge is 0.262 e. The molecule has 3 aromatic rings. The quantitative estimate of drug-likeness (QED) is 0.494. The molecular formula is C17H14N4O3S. The molecule has 0 bridgehead atoms. The number of allylic oxidation sites excluding steroid dienone is 1. The third kappa shape index (κ3) is 3.20. The van der Waals surface area contributed by atoms with E-state index in [2.05, 4.69) is 21.9 Å². The van der Waals surface area contributed by atoms with E-state index in [-0.39, 0.29) is 21.9 Å². The minimum Gasteiger partial charge on any atom is -0.504 e. The number of benzene rings is 1. The fourth-order valence-corrected chi connectivity index (χ4v) is 2.63. The van der Waals surface area contributed by atoms with Gasteiger partial charge in [-0.3, -0.25) is 14.2 Å². The molecule has 3 N–H and O–H groups in total. The van der Waals surface area contributed by atoms with Gasteiger partial charge in [-0.25, -0.2) is 4.98 Å². The van der Waals surface area contributed by atoms with Gasteiger partial charge in [0.15, 0.2) is 16.3 Å². The lowest BCUT2D eigenvalue weighted by atomic mass is 10.1. The molecule has 8 heteroatoms. The minimum atomic E-state index is -0.467. The number of rotatable bonds is 4. The van der Waals surface area contributed by atoms with E-state index in [1.54, 1.807) is 18.2 Å². The van der Waals surface area contributed by atoms with Crippen molar-refractivity contribution in [3.63, 3.8) is 0 Å². The van der Waals surface area contributed by atoms with Crippen LogP contribution in [0.25, 0.3) is 10.9 Å². The molecule has 3 rings (SSSR count). The molecule has 0 spiro atoms. The number of fused-ring (bicyclic) bond motifs is 1. The lowest BCUT2D eigenvalue weighted by Crippen LogP contribution is -2.22. The normalized spacial score (nSPS) is 10.6. The summed E-state index contributed by atoms with van der Waals surface area (Å²) < 4.78 is 1.63. The fraction of sp³-hybridized carbons (Fsp3) is 0.0588. The monoisotopic (exact) mass is 354 g/mol. The topological polar surface area (TPSA) is 100 Å². The third-order valence-corrected chi connectivity index (χ3v) is 3.90. The Morgan fingerprint density at radius 3 is 2.96 bits per heavy atom. The largest absolute Gasteiger partial charge is 0.504 e. The molecule has 0 aliphatic heterocycles. The van der Waals surface area contributed by atoms with Crippen LogP contribution in [0.4, 0.5) is 5.82 Å². The standard InChI is InChI=1S/C17H14N4O3S/c1-2-8-21-16(24)11-6-5-10(9-12(11)19-17(21)25)15(23)20-14-13(22)4-3-7-18-14/h2-7,9,22H,1,8H2,(H,19,25)(H,18,20,23). The lowest BCUT2D eigenvalue weighted by Gasteiger charge is -2.08. The number of aromatic nitrogens is 3. The Bertz CT molecular complexity index is 1100. The SMILES string of the molecule is C=CCn1c(=S)[nH]c2cc(C(=O)Nc3ncccc3O)ccc2c1=O. The molecule has 25 heavy (non-hydrogen) atoms. The maximum absolute atomic E-state index is 12.4. The number of amides is 1. The van der Waals surface area contributed by atoms with Crippen molar-refractivity contribution in [3.05, 3.63) is 69.9 Å². The molecule has 2 aromatic heterocycles.